The van der Waals surface area contributed by atoms with Gasteiger partial charge in [0.2, 0.25) is 0 Å². The number of phenolic OH excluding ortho intramolecular Hbond substituents is 1. The second-order valence-electron chi connectivity index (χ2n) is 3.28. The molecule has 0 aliphatic rings. The fourth-order valence-electron chi connectivity index (χ4n) is 1.22. The number of benzene rings is 1. The van der Waals surface area contributed by atoms with Crippen LogP contribution in [-0.4, -0.2) is 38.1 Å². The molecule has 0 heterocycles. The second-order valence-corrected chi connectivity index (χ2v) is 3.28. The van der Waals surface area contributed by atoms with Gasteiger partial charge in [-0.15, -0.1) is 0 Å². The normalized spacial score (nSPS) is 10.6. The van der Waals surface area contributed by atoms with E-state index in [1.54, 1.807) is 0 Å². The zero-order chi connectivity index (χ0) is 12.8. The number of amides is 1. The molecule has 0 aliphatic carbocycles. The van der Waals surface area contributed by atoms with Crippen molar-refractivity contribution in [2.75, 3.05) is 20.8 Å². The van der Waals surface area contributed by atoms with Crippen molar-refractivity contribution in [1.29, 1.82) is 0 Å². The Morgan fingerprint density at radius 3 is 2.65 bits per heavy atom. The average molecular weight is 243 g/mol. The van der Waals surface area contributed by atoms with E-state index in [0.717, 1.165) is 6.07 Å². The summed E-state index contributed by atoms with van der Waals surface area (Å²) >= 11 is 0. The molecule has 0 radical (unpaired) electrons. The van der Waals surface area contributed by atoms with E-state index in [9.17, 15) is 9.18 Å². The number of hydrogen-bond donors (Lipinski definition) is 2. The Morgan fingerprint density at radius 1 is 1.47 bits per heavy atom. The molecule has 0 aliphatic heterocycles. The number of ether oxygens (including phenoxy) is 2. The third-order valence-corrected chi connectivity index (χ3v) is 2.15. The molecule has 17 heavy (non-hydrogen) atoms. The van der Waals surface area contributed by atoms with E-state index in [-0.39, 0.29) is 17.9 Å². The SMILES string of the molecule is COC(CNC(=O)c1ccc(O)cc1F)OC. The average Bonchev–Trinajstić information content (AvgIpc) is 2.30. The smallest absolute Gasteiger partial charge is 0.254 e. The second kappa shape index (κ2) is 6.17. The lowest BCUT2D eigenvalue weighted by Crippen LogP contribution is -2.34. The molecule has 0 atom stereocenters. The van der Waals surface area contributed by atoms with E-state index in [1.807, 2.05) is 0 Å². The van der Waals surface area contributed by atoms with Crippen LogP contribution in [0.5, 0.6) is 5.75 Å². The van der Waals surface area contributed by atoms with Crippen LogP contribution < -0.4 is 5.32 Å². The van der Waals surface area contributed by atoms with Gasteiger partial charge >= 0.3 is 0 Å². The van der Waals surface area contributed by atoms with E-state index in [2.05, 4.69) is 5.32 Å². The highest BCUT2D eigenvalue weighted by Gasteiger charge is 2.13. The van der Waals surface area contributed by atoms with Crippen molar-refractivity contribution in [3.63, 3.8) is 0 Å². The van der Waals surface area contributed by atoms with E-state index in [0.29, 0.717) is 0 Å². The number of methoxy groups -OCH3 is 2. The van der Waals surface area contributed by atoms with Crippen LogP contribution in [0.15, 0.2) is 18.2 Å². The number of hydrogen-bond acceptors (Lipinski definition) is 4. The van der Waals surface area contributed by atoms with Gasteiger partial charge in [0.15, 0.2) is 6.29 Å². The maximum Gasteiger partial charge on any atom is 0.254 e. The van der Waals surface area contributed by atoms with Gasteiger partial charge in [-0.1, -0.05) is 0 Å². The largest absolute Gasteiger partial charge is 0.508 e. The van der Waals surface area contributed by atoms with E-state index in [4.69, 9.17) is 14.6 Å². The van der Waals surface area contributed by atoms with Gasteiger partial charge in [0.05, 0.1) is 12.1 Å². The van der Waals surface area contributed by atoms with Crippen LogP contribution in [0.25, 0.3) is 0 Å². The summed E-state index contributed by atoms with van der Waals surface area (Å²) in [6, 6.07) is 3.32. The first-order valence-corrected chi connectivity index (χ1v) is 4.90. The summed E-state index contributed by atoms with van der Waals surface area (Å²) in [5.74, 6) is -1.61. The Balaban J connectivity index is 2.64. The first kappa shape index (κ1) is 13.4. The molecular weight excluding hydrogens is 229 g/mol. The Hall–Kier alpha value is -1.66. The summed E-state index contributed by atoms with van der Waals surface area (Å²) in [5, 5.41) is 11.5. The van der Waals surface area contributed by atoms with Crippen LogP contribution >= 0.6 is 0 Å². The summed E-state index contributed by atoms with van der Waals surface area (Å²) in [4.78, 5) is 11.6. The molecule has 0 aromatic heterocycles. The molecular formula is C11H14FNO4. The molecule has 0 fully saturated rings. The first-order chi connectivity index (χ1) is 8.08. The lowest BCUT2D eigenvalue weighted by atomic mass is 10.2. The van der Waals surface area contributed by atoms with Gasteiger partial charge in [0.25, 0.3) is 5.91 Å². The van der Waals surface area contributed by atoms with Crippen LogP contribution in [0.1, 0.15) is 10.4 Å². The highest BCUT2D eigenvalue weighted by molar-refractivity contribution is 5.94. The number of phenols is 1. The highest BCUT2D eigenvalue weighted by atomic mass is 19.1. The maximum absolute atomic E-state index is 13.3. The van der Waals surface area contributed by atoms with Crippen LogP contribution in [0.4, 0.5) is 4.39 Å². The first-order valence-electron chi connectivity index (χ1n) is 4.90. The van der Waals surface area contributed by atoms with Gasteiger partial charge in [-0.05, 0) is 12.1 Å². The van der Waals surface area contributed by atoms with E-state index < -0.39 is 18.0 Å². The highest BCUT2D eigenvalue weighted by Crippen LogP contribution is 2.14. The minimum Gasteiger partial charge on any atom is -0.508 e. The van der Waals surface area contributed by atoms with Gasteiger partial charge in [0, 0.05) is 20.3 Å². The number of rotatable bonds is 5. The molecule has 2 N–H and O–H groups in total. The van der Waals surface area contributed by atoms with Gasteiger partial charge in [-0.3, -0.25) is 4.79 Å². The van der Waals surface area contributed by atoms with E-state index >= 15 is 0 Å². The minimum absolute atomic E-state index is 0.103. The zero-order valence-electron chi connectivity index (χ0n) is 9.57. The van der Waals surface area contributed by atoms with Crippen molar-refractivity contribution < 1.29 is 23.8 Å². The molecule has 0 saturated heterocycles. The van der Waals surface area contributed by atoms with Crippen molar-refractivity contribution in [2.24, 2.45) is 0 Å². The fraction of sp³-hybridized carbons (Fsp3) is 0.364. The number of carbonyl (C=O) groups excluding carboxylic acids is 1. The predicted molar refractivity (Wildman–Crippen MR) is 58.2 cm³/mol. The van der Waals surface area contributed by atoms with Crippen molar-refractivity contribution >= 4 is 5.91 Å². The number of halogens is 1. The van der Waals surface area contributed by atoms with Crippen LogP contribution in [0.3, 0.4) is 0 Å². The van der Waals surface area contributed by atoms with Gasteiger partial charge in [0.1, 0.15) is 11.6 Å². The lowest BCUT2D eigenvalue weighted by molar-refractivity contribution is -0.0974. The summed E-state index contributed by atoms with van der Waals surface area (Å²) in [6.07, 6.45) is -0.584. The summed E-state index contributed by atoms with van der Waals surface area (Å²) in [5.41, 5.74) is -0.145. The molecule has 1 amide bonds. The third kappa shape index (κ3) is 3.69. The number of aromatic hydroxyl groups is 1. The molecule has 1 rings (SSSR count). The van der Waals surface area contributed by atoms with Crippen LogP contribution in [-0.2, 0) is 9.47 Å². The summed E-state index contributed by atoms with van der Waals surface area (Å²) < 4.78 is 23.0. The number of nitrogens with one attached hydrogen (secondary N) is 1. The summed E-state index contributed by atoms with van der Waals surface area (Å²) in [6.45, 7) is 0.103. The molecule has 0 saturated carbocycles. The minimum atomic E-state index is -0.783. The monoisotopic (exact) mass is 243 g/mol. The van der Waals surface area contributed by atoms with Crippen molar-refractivity contribution in [3.05, 3.63) is 29.6 Å². The van der Waals surface area contributed by atoms with Crippen LogP contribution in [0, 0.1) is 5.82 Å². The Labute approximate surface area is 98.2 Å². The Kier molecular flexibility index (Phi) is 4.86. The molecule has 0 bridgehead atoms. The third-order valence-electron chi connectivity index (χ3n) is 2.15. The Morgan fingerprint density at radius 2 is 2.12 bits per heavy atom. The van der Waals surface area contributed by atoms with Crippen molar-refractivity contribution in [1.82, 2.24) is 5.32 Å². The van der Waals surface area contributed by atoms with Crippen LogP contribution in [0.2, 0.25) is 0 Å². The topological polar surface area (TPSA) is 67.8 Å². The molecule has 94 valence electrons. The molecule has 0 unspecified atom stereocenters. The van der Waals surface area contributed by atoms with Gasteiger partial charge in [-0.25, -0.2) is 4.39 Å². The number of carbonyl (C=O) groups is 1. The quantitative estimate of drug-likeness (QED) is 0.753. The molecule has 5 nitrogen and oxygen atoms in total. The predicted octanol–water partition coefficient (Wildman–Crippen LogP) is 0.880. The fourth-order valence-corrected chi connectivity index (χ4v) is 1.22. The molecule has 1 aromatic carbocycles. The maximum atomic E-state index is 13.3. The van der Waals surface area contributed by atoms with E-state index in [1.165, 1.54) is 26.4 Å². The Bertz CT molecular complexity index is 393. The molecule has 1 aromatic rings. The standard InChI is InChI=1S/C11H14FNO4/c1-16-10(17-2)6-13-11(15)8-4-3-7(14)5-9(8)12/h3-5,10,14H,6H2,1-2H3,(H,13,15). The van der Waals surface area contributed by atoms with Crippen molar-refractivity contribution in [2.45, 2.75) is 6.29 Å². The van der Waals surface area contributed by atoms with Gasteiger partial charge in [-0.2, -0.15) is 0 Å². The van der Waals surface area contributed by atoms with Gasteiger partial charge < -0.3 is 19.9 Å². The van der Waals surface area contributed by atoms with Crippen molar-refractivity contribution in [3.8, 4) is 5.75 Å². The zero-order valence-corrected chi connectivity index (χ0v) is 9.57. The lowest BCUT2D eigenvalue weighted by Gasteiger charge is -2.14. The molecule has 0 spiro atoms. The summed E-state index contributed by atoms with van der Waals surface area (Å²) in [7, 11) is 2.86. The molecule has 6 heteroatoms.